The maximum absolute atomic E-state index is 12.5. The number of amides is 1. The van der Waals surface area contributed by atoms with E-state index in [0.29, 0.717) is 9.23 Å². The second kappa shape index (κ2) is 6.09. The molecule has 0 N–H and O–H groups in total. The van der Waals surface area contributed by atoms with E-state index in [9.17, 15) is 4.79 Å². The third kappa shape index (κ3) is 3.07. The summed E-state index contributed by atoms with van der Waals surface area (Å²) in [6.45, 7) is 0. The molecule has 0 atom stereocenters. The molecule has 1 amide bonds. The van der Waals surface area contributed by atoms with Crippen molar-refractivity contribution < 1.29 is 4.79 Å². The van der Waals surface area contributed by atoms with Gasteiger partial charge in [-0.3, -0.25) is 14.7 Å². The standard InChI is InChI=1S/C15H9BrN2OS2/c16-11-3-5-12(6-4-11)18-14(19)13(21-15(18)20)8-10-2-1-7-17-9-10/h1-9H/b13-8-. The lowest BCUT2D eigenvalue weighted by molar-refractivity contribution is -0.113. The zero-order valence-corrected chi connectivity index (χ0v) is 13.9. The summed E-state index contributed by atoms with van der Waals surface area (Å²) in [6.07, 6.45) is 5.22. The van der Waals surface area contributed by atoms with Crippen molar-refractivity contribution in [3.8, 4) is 0 Å². The fraction of sp³-hybridized carbons (Fsp3) is 0. The lowest BCUT2D eigenvalue weighted by atomic mass is 10.2. The van der Waals surface area contributed by atoms with Gasteiger partial charge in [-0.1, -0.05) is 46.0 Å². The lowest BCUT2D eigenvalue weighted by Crippen LogP contribution is -2.27. The summed E-state index contributed by atoms with van der Waals surface area (Å²) in [4.78, 5) is 18.7. The van der Waals surface area contributed by atoms with E-state index in [4.69, 9.17) is 12.2 Å². The van der Waals surface area contributed by atoms with Crippen LogP contribution in [-0.4, -0.2) is 15.2 Å². The van der Waals surface area contributed by atoms with Gasteiger partial charge in [-0.2, -0.15) is 0 Å². The number of thiocarbonyl (C=S) groups is 1. The maximum Gasteiger partial charge on any atom is 0.270 e. The molecule has 0 bridgehead atoms. The SMILES string of the molecule is O=C1/C(=C/c2cccnc2)SC(=S)N1c1ccc(Br)cc1. The normalized spacial score (nSPS) is 16.8. The van der Waals surface area contributed by atoms with E-state index in [0.717, 1.165) is 15.7 Å². The van der Waals surface area contributed by atoms with Gasteiger partial charge in [0.1, 0.15) is 0 Å². The predicted molar refractivity (Wildman–Crippen MR) is 94.0 cm³/mol. The number of aromatic nitrogens is 1. The van der Waals surface area contributed by atoms with E-state index in [1.807, 2.05) is 42.5 Å². The van der Waals surface area contributed by atoms with Crippen molar-refractivity contribution in [3.63, 3.8) is 0 Å². The van der Waals surface area contributed by atoms with Crippen molar-refractivity contribution in [1.29, 1.82) is 0 Å². The smallest absolute Gasteiger partial charge is 0.268 e. The van der Waals surface area contributed by atoms with Crippen molar-refractivity contribution in [3.05, 3.63) is 63.7 Å². The van der Waals surface area contributed by atoms with Crippen LogP contribution < -0.4 is 4.90 Å². The molecule has 3 rings (SSSR count). The third-order valence-corrected chi connectivity index (χ3v) is 4.69. The van der Waals surface area contributed by atoms with Crippen LogP contribution in [0.3, 0.4) is 0 Å². The molecule has 1 saturated heterocycles. The average molecular weight is 377 g/mol. The van der Waals surface area contributed by atoms with Crippen LogP contribution in [0.4, 0.5) is 5.69 Å². The summed E-state index contributed by atoms with van der Waals surface area (Å²) in [5.74, 6) is -0.101. The van der Waals surface area contributed by atoms with Gasteiger partial charge in [-0.15, -0.1) is 0 Å². The van der Waals surface area contributed by atoms with Gasteiger partial charge in [0.05, 0.1) is 10.6 Å². The zero-order valence-electron chi connectivity index (χ0n) is 10.7. The molecular weight excluding hydrogens is 368 g/mol. The van der Waals surface area contributed by atoms with Crippen molar-refractivity contribution in [2.45, 2.75) is 0 Å². The fourth-order valence-corrected chi connectivity index (χ4v) is 3.46. The molecule has 6 heteroatoms. The molecule has 0 unspecified atom stereocenters. The number of carbonyl (C=O) groups excluding carboxylic acids is 1. The molecule has 2 aromatic rings. The Morgan fingerprint density at radius 1 is 1.24 bits per heavy atom. The quantitative estimate of drug-likeness (QED) is 0.579. The average Bonchev–Trinajstić information content (AvgIpc) is 2.76. The summed E-state index contributed by atoms with van der Waals surface area (Å²) in [5, 5.41) is 0. The molecule has 0 spiro atoms. The number of carbonyl (C=O) groups is 1. The van der Waals surface area contributed by atoms with Crippen LogP contribution >= 0.6 is 39.9 Å². The van der Waals surface area contributed by atoms with Gasteiger partial charge in [0.25, 0.3) is 5.91 Å². The van der Waals surface area contributed by atoms with E-state index in [-0.39, 0.29) is 5.91 Å². The molecule has 104 valence electrons. The highest BCUT2D eigenvalue weighted by Gasteiger charge is 2.33. The lowest BCUT2D eigenvalue weighted by Gasteiger charge is -2.14. The summed E-state index contributed by atoms with van der Waals surface area (Å²) < 4.78 is 1.50. The summed E-state index contributed by atoms with van der Waals surface area (Å²) >= 11 is 10.0. The van der Waals surface area contributed by atoms with Gasteiger partial charge in [-0.25, -0.2) is 0 Å². The zero-order chi connectivity index (χ0) is 14.8. The Bertz CT molecular complexity index is 729. The molecule has 1 aliphatic heterocycles. The first-order chi connectivity index (χ1) is 10.1. The van der Waals surface area contributed by atoms with Gasteiger partial charge < -0.3 is 0 Å². The molecular formula is C15H9BrN2OS2. The topological polar surface area (TPSA) is 33.2 Å². The Balaban J connectivity index is 1.92. The number of hydrogen-bond donors (Lipinski definition) is 0. The van der Waals surface area contributed by atoms with Crippen molar-refractivity contribution in [2.24, 2.45) is 0 Å². The van der Waals surface area contributed by atoms with Crippen LogP contribution in [0, 0.1) is 0 Å². The molecule has 1 aromatic carbocycles. The Morgan fingerprint density at radius 3 is 2.67 bits per heavy atom. The highest BCUT2D eigenvalue weighted by atomic mass is 79.9. The molecule has 21 heavy (non-hydrogen) atoms. The summed E-state index contributed by atoms with van der Waals surface area (Å²) in [7, 11) is 0. The largest absolute Gasteiger partial charge is 0.270 e. The number of hydrogen-bond acceptors (Lipinski definition) is 4. The minimum Gasteiger partial charge on any atom is -0.268 e. The van der Waals surface area contributed by atoms with Crippen LogP contribution in [-0.2, 0) is 4.79 Å². The van der Waals surface area contributed by atoms with Crippen LogP contribution in [0.15, 0.2) is 58.2 Å². The van der Waals surface area contributed by atoms with E-state index >= 15 is 0 Å². The van der Waals surface area contributed by atoms with Crippen molar-refractivity contribution in [2.75, 3.05) is 4.90 Å². The summed E-state index contributed by atoms with van der Waals surface area (Å²) in [6, 6.07) is 11.2. The van der Waals surface area contributed by atoms with E-state index in [1.54, 1.807) is 17.3 Å². The molecule has 1 aliphatic rings. The fourth-order valence-electron chi connectivity index (χ4n) is 1.89. The first kappa shape index (κ1) is 14.4. The first-order valence-corrected chi connectivity index (χ1v) is 8.10. The van der Waals surface area contributed by atoms with Crippen molar-refractivity contribution >= 4 is 61.9 Å². The van der Waals surface area contributed by atoms with Gasteiger partial charge in [0.2, 0.25) is 0 Å². The maximum atomic E-state index is 12.5. The van der Waals surface area contributed by atoms with Gasteiger partial charge in [0.15, 0.2) is 4.32 Å². The monoisotopic (exact) mass is 376 g/mol. The Morgan fingerprint density at radius 2 is 2.00 bits per heavy atom. The molecule has 0 aliphatic carbocycles. The number of rotatable bonds is 2. The van der Waals surface area contributed by atoms with Gasteiger partial charge in [-0.05, 0) is 42.0 Å². The number of thioether (sulfide) groups is 1. The molecule has 2 heterocycles. The summed E-state index contributed by atoms with van der Waals surface area (Å²) in [5.41, 5.74) is 1.66. The number of halogens is 1. The van der Waals surface area contributed by atoms with E-state index in [2.05, 4.69) is 20.9 Å². The third-order valence-electron chi connectivity index (χ3n) is 2.86. The highest BCUT2D eigenvalue weighted by Crippen LogP contribution is 2.36. The van der Waals surface area contributed by atoms with E-state index in [1.165, 1.54) is 11.8 Å². The number of anilines is 1. The Hall–Kier alpha value is -1.50. The molecule has 0 radical (unpaired) electrons. The minimum absolute atomic E-state index is 0.101. The number of pyridine rings is 1. The van der Waals surface area contributed by atoms with Crippen LogP contribution in [0.2, 0.25) is 0 Å². The molecule has 1 aromatic heterocycles. The first-order valence-electron chi connectivity index (χ1n) is 6.09. The number of benzene rings is 1. The second-order valence-electron chi connectivity index (χ2n) is 4.28. The number of nitrogens with zero attached hydrogens (tertiary/aromatic N) is 2. The van der Waals surface area contributed by atoms with Gasteiger partial charge in [0, 0.05) is 16.9 Å². The Kier molecular flexibility index (Phi) is 4.19. The van der Waals surface area contributed by atoms with E-state index < -0.39 is 0 Å². The molecule has 3 nitrogen and oxygen atoms in total. The predicted octanol–water partition coefficient (Wildman–Crippen LogP) is 4.25. The van der Waals surface area contributed by atoms with Crippen LogP contribution in [0.1, 0.15) is 5.56 Å². The van der Waals surface area contributed by atoms with Gasteiger partial charge >= 0.3 is 0 Å². The van der Waals surface area contributed by atoms with Crippen LogP contribution in [0.5, 0.6) is 0 Å². The molecule has 0 saturated carbocycles. The van der Waals surface area contributed by atoms with Crippen molar-refractivity contribution in [1.82, 2.24) is 4.98 Å². The Labute approximate surface area is 140 Å². The second-order valence-corrected chi connectivity index (χ2v) is 6.87. The molecule has 1 fully saturated rings. The highest BCUT2D eigenvalue weighted by molar-refractivity contribution is 9.10. The van der Waals surface area contributed by atoms with Crippen LogP contribution in [0.25, 0.3) is 6.08 Å². The minimum atomic E-state index is -0.101.